The number of cyclic esters (lactones) is 2. The average molecular weight is 224 g/mol. The van der Waals surface area contributed by atoms with Crippen LogP contribution in [0.15, 0.2) is 12.7 Å². The molecule has 4 heteroatoms. The fourth-order valence-corrected chi connectivity index (χ4v) is 2.28. The van der Waals surface area contributed by atoms with Gasteiger partial charge in [-0.3, -0.25) is 9.59 Å². The quantitative estimate of drug-likeness (QED) is 0.416. The molecule has 16 heavy (non-hydrogen) atoms. The standard InChI is InChI=1S/C12H16O4/c1-4-6-11(3)15-9(13)12(10(14)16-11)7-8(12)5-2/h5,8H,2,4,6-7H2,1,3H3. The molecule has 0 aromatic heterocycles. The van der Waals surface area contributed by atoms with E-state index < -0.39 is 23.1 Å². The molecule has 2 aliphatic rings. The molecule has 88 valence electrons. The largest absolute Gasteiger partial charge is 0.422 e. The topological polar surface area (TPSA) is 52.6 Å². The van der Waals surface area contributed by atoms with Crippen LogP contribution in [0.25, 0.3) is 0 Å². The minimum absolute atomic E-state index is 0.126. The lowest BCUT2D eigenvalue weighted by atomic mass is 10.0. The number of carbonyl (C=O) groups is 2. The molecule has 2 rings (SSSR count). The molecule has 2 fully saturated rings. The van der Waals surface area contributed by atoms with E-state index in [-0.39, 0.29) is 5.92 Å². The second-order valence-corrected chi connectivity index (χ2v) is 4.68. The van der Waals surface area contributed by atoms with Gasteiger partial charge in [0.05, 0.1) is 0 Å². The molecule has 0 N–H and O–H groups in total. The Kier molecular flexibility index (Phi) is 2.33. The normalized spacial score (nSPS) is 41.5. The van der Waals surface area contributed by atoms with Gasteiger partial charge in [-0.05, 0) is 12.8 Å². The van der Waals surface area contributed by atoms with E-state index in [0.717, 1.165) is 6.42 Å². The van der Waals surface area contributed by atoms with E-state index in [1.165, 1.54) is 0 Å². The first kappa shape index (κ1) is 11.2. The second-order valence-electron chi connectivity index (χ2n) is 4.68. The minimum Gasteiger partial charge on any atom is -0.422 e. The summed E-state index contributed by atoms with van der Waals surface area (Å²) in [5.41, 5.74) is -1.07. The van der Waals surface area contributed by atoms with Crippen LogP contribution in [0, 0.1) is 11.3 Å². The van der Waals surface area contributed by atoms with Crippen LogP contribution in [0.5, 0.6) is 0 Å². The Balaban J connectivity index is 2.19. The van der Waals surface area contributed by atoms with Crippen molar-refractivity contribution in [2.24, 2.45) is 11.3 Å². The molecule has 0 radical (unpaired) electrons. The van der Waals surface area contributed by atoms with Gasteiger partial charge in [-0.25, -0.2) is 0 Å². The van der Waals surface area contributed by atoms with Crippen LogP contribution in [0.3, 0.4) is 0 Å². The molecule has 1 saturated carbocycles. The van der Waals surface area contributed by atoms with Gasteiger partial charge in [-0.15, -0.1) is 6.58 Å². The first-order valence-electron chi connectivity index (χ1n) is 5.58. The van der Waals surface area contributed by atoms with Crippen molar-refractivity contribution < 1.29 is 19.1 Å². The third-order valence-electron chi connectivity index (χ3n) is 3.35. The van der Waals surface area contributed by atoms with Gasteiger partial charge in [0.2, 0.25) is 0 Å². The summed E-state index contributed by atoms with van der Waals surface area (Å²) in [4.78, 5) is 23.8. The number of carbonyl (C=O) groups excluding carboxylic acids is 2. The van der Waals surface area contributed by atoms with Crippen molar-refractivity contribution in [1.82, 2.24) is 0 Å². The molecule has 1 aliphatic heterocycles. The second kappa shape index (κ2) is 3.34. The fourth-order valence-electron chi connectivity index (χ4n) is 2.28. The first-order valence-corrected chi connectivity index (χ1v) is 5.58. The predicted molar refractivity (Wildman–Crippen MR) is 56.2 cm³/mol. The Hall–Kier alpha value is -1.32. The van der Waals surface area contributed by atoms with Crippen molar-refractivity contribution in [2.75, 3.05) is 0 Å². The maximum atomic E-state index is 11.9. The molecule has 1 atom stereocenters. The molecule has 1 heterocycles. The van der Waals surface area contributed by atoms with E-state index in [9.17, 15) is 9.59 Å². The molecule has 0 bridgehead atoms. The van der Waals surface area contributed by atoms with Gasteiger partial charge in [0, 0.05) is 19.3 Å². The van der Waals surface area contributed by atoms with Crippen molar-refractivity contribution >= 4 is 11.9 Å². The van der Waals surface area contributed by atoms with Crippen molar-refractivity contribution in [1.29, 1.82) is 0 Å². The fraction of sp³-hybridized carbons (Fsp3) is 0.667. The summed E-state index contributed by atoms with van der Waals surface area (Å²) in [7, 11) is 0. The zero-order chi connectivity index (χ0) is 12.0. The molecule has 1 spiro atoms. The molecule has 4 nitrogen and oxygen atoms in total. The third-order valence-corrected chi connectivity index (χ3v) is 3.35. The molecular weight excluding hydrogens is 208 g/mol. The first-order chi connectivity index (χ1) is 7.48. The number of hydrogen-bond acceptors (Lipinski definition) is 4. The van der Waals surface area contributed by atoms with E-state index in [1.54, 1.807) is 13.0 Å². The van der Waals surface area contributed by atoms with Gasteiger partial charge >= 0.3 is 11.9 Å². The number of esters is 2. The Morgan fingerprint density at radius 2 is 2.00 bits per heavy atom. The summed E-state index contributed by atoms with van der Waals surface area (Å²) in [6.45, 7) is 7.17. The van der Waals surface area contributed by atoms with E-state index in [4.69, 9.17) is 9.47 Å². The number of ether oxygens (including phenoxy) is 2. The monoisotopic (exact) mass is 224 g/mol. The zero-order valence-corrected chi connectivity index (χ0v) is 9.62. The molecule has 1 unspecified atom stereocenters. The molecule has 0 amide bonds. The van der Waals surface area contributed by atoms with E-state index in [2.05, 4.69) is 6.58 Å². The molecular formula is C12H16O4. The highest BCUT2D eigenvalue weighted by atomic mass is 16.7. The lowest BCUT2D eigenvalue weighted by Crippen LogP contribution is -2.49. The van der Waals surface area contributed by atoms with Crippen LogP contribution in [-0.4, -0.2) is 17.7 Å². The van der Waals surface area contributed by atoms with Crippen LogP contribution in [0.4, 0.5) is 0 Å². The summed E-state index contributed by atoms with van der Waals surface area (Å²) in [6, 6.07) is 0. The van der Waals surface area contributed by atoms with Crippen LogP contribution in [0.1, 0.15) is 33.1 Å². The summed E-state index contributed by atoms with van der Waals surface area (Å²) < 4.78 is 10.5. The molecule has 1 aliphatic carbocycles. The number of hydrogen-bond donors (Lipinski definition) is 0. The van der Waals surface area contributed by atoms with Crippen molar-refractivity contribution in [3.8, 4) is 0 Å². The highest BCUT2D eigenvalue weighted by Gasteiger charge is 2.71. The Morgan fingerprint density at radius 1 is 1.44 bits per heavy atom. The Bertz CT molecular complexity index is 340. The Morgan fingerprint density at radius 3 is 2.38 bits per heavy atom. The lowest BCUT2D eigenvalue weighted by Gasteiger charge is -2.36. The third kappa shape index (κ3) is 1.36. The van der Waals surface area contributed by atoms with Crippen LogP contribution in [-0.2, 0) is 19.1 Å². The van der Waals surface area contributed by atoms with Crippen molar-refractivity contribution in [3.63, 3.8) is 0 Å². The van der Waals surface area contributed by atoms with E-state index in [0.29, 0.717) is 12.8 Å². The maximum absolute atomic E-state index is 11.9. The number of allylic oxidation sites excluding steroid dienone is 1. The molecule has 0 aromatic rings. The van der Waals surface area contributed by atoms with Gasteiger partial charge in [0.1, 0.15) is 0 Å². The van der Waals surface area contributed by atoms with Crippen LogP contribution in [0.2, 0.25) is 0 Å². The van der Waals surface area contributed by atoms with Gasteiger partial charge in [0.15, 0.2) is 5.41 Å². The minimum atomic E-state index is -1.08. The highest BCUT2D eigenvalue weighted by molar-refractivity contribution is 6.05. The Labute approximate surface area is 94.6 Å². The van der Waals surface area contributed by atoms with Gasteiger partial charge in [0.25, 0.3) is 5.79 Å². The van der Waals surface area contributed by atoms with Crippen molar-refractivity contribution in [3.05, 3.63) is 12.7 Å². The summed E-state index contributed by atoms with van der Waals surface area (Å²) in [6.07, 6.45) is 3.40. The predicted octanol–water partition coefficient (Wildman–Crippen LogP) is 1.79. The lowest BCUT2D eigenvalue weighted by molar-refractivity contribution is -0.251. The highest BCUT2D eigenvalue weighted by Crippen LogP contribution is 2.58. The van der Waals surface area contributed by atoms with Crippen LogP contribution >= 0.6 is 0 Å². The van der Waals surface area contributed by atoms with E-state index >= 15 is 0 Å². The zero-order valence-electron chi connectivity index (χ0n) is 9.62. The van der Waals surface area contributed by atoms with Gasteiger partial charge in [-0.1, -0.05) is 13.0 Å². The van der Waals surface area contributed by atoms with Gasteiger partial charge in [-0.2, -0.15) is 0 Å². The number of rotatable bonds is 3. The summed E-state index contributed by atoms with van der Waals surface area (Å²) >= 11 is 0. The van der Waals surface area contributed by atoms with Crippen molar-refractivity contribution in [2.45, 2.75) is 38.9 Å². The van der Waals surface area contributed by atoms with E-state index in [1.807, 2.05) is 6.92 Å². The maximum Gasteiger partial charge on any atom is 0.327 e. The summed E-state index contributed by atoms with van der Waals surface area (Å²) in [5.74, 6) is -2.12. The smallest absolute Gasteiger partial charge is 0.327 e. The SMILES string of the molecule is C=CC1CC12C(=O)OC(C)(CCC)OC2=O. The summed E-state index contributed by atoms with van der Waals surface area (Å²) in [5, 5.41) is 0. The van der Waals surface area contributed by atoms with Gasteiger partial charge < -0.3 is 9.47 Å². The average Bonchev–Trinajstić information content (AvgIpc) is 2.90. The molecule has 0 aromatic carbocycles. The van der Waals surface area contributed by atoms with Crippen LogP contribution < -0.4 is 0 Å². The molecule has 1 saturated heterocycles.